The number of aromatic nitrogens is 2. The average Bonchev–Trinajstić information content (AvgIpc) is 3.29. The van der Waals surface area contributed by atoms with Crippen LogP contribution in [0.3, 0.4) is 0 Å². The Bertz CT molecular complexity index is 1490. The van der Waals surface area contributed by atoms with Crippen molar-refractivity contribution in [3.8, 4) is 11.4 Å². The van der Waals surface area contributed by atoms with E-state index in [0.29, 0.717) is 17.9 Å². The van der Waals surface area contributed by atoms with E-state index in [-0.39, 0.29) is 35.8 Å². The van der Waals surface area contributed by atoms with Gasteiger partial charge in [0.2, 0.25) is 0 Å². The minimum atomic E-state index is -1.07. The van der Waals surface area contributed by atoms with Gasteiger partial charge in [-0.2, -0.15) is 0 Å². The molecule has 0 spiro atoms. The second-order valence-electron chi connectivity index (χ2n) is 12.7. The van der Waals surface area contributed by atoms with Gasteiger partial charge in [0.1, 0.15) is 18.1 Å². The van der Waals surface area contributed by atoms with Gasteiger partial charge in [-0.1, -0.05) is 30.3 Å². The lowest BCUT2D eigenvalue weighted by molar-refractivity contribution is -0.143. The van der Waals surface area contributed by atoms with Gasteiger partial charge in [0.25, 0.3) is 5.91 Å². The molecular weight excluding hydrogens is 530 g/mol. The molecule has 4 saturated carbocycles. The minimum Gasteiger partial charge on any atom is -0.478 e. The zero-order valence-electron chi connectivity index (χ0n) is 24.4. The van der Waals surface area contributed by atoms with Gasteiger partial charge in [-0.05, 0) is 112 Å². The van der Waals surface area contributed by atoms with Crippen molar-refractivity contribution in [2.24, 2.45) is 23.2 Å². The van der Waals surface area contributed by atoms with Gasteiger partial charge in [0, 0.05) is 11.3 Å². The second-order valence-corrected chi connectivity index (χ2v) is 12.7. The molecule has 7 rings (SSSR count). The smallest absolute Gasteiger partial charge is 0.335 e. The zero-order valence-corrected chi connectivity index (χ0v) is 24.4. The minimum absolute atomic E-state index is 0.0392. The summed E-state index contributed by atoms with van der Waals surface area (Å²) >= 11 is 0. The first-order chi connectivity index (χ1) is 20.2. The van der Waals surface area contributed by atoms with Gasteiger partial charge in [0.15, 0.2) is 0 Å². The normalized spacial score (nSPS) is 24.0. The number of aromatic carboxylic acids is 1. The molecule has 1 aromatic heterocycles. The Kier molecular flexibility index (Phi) is 7.64. The average molecular weight is 570 g/mol. The molecule has 3 aromatic rings. The van der Waals surface area contributed by atoms with Crippen LogP contribution in [0.2, 0.25) is 0 Å². The molecule has 0 radical (unpaired) electrons. The molecule has 1 heterocycles. The van der Waals surface area contributed by atoms with Gasteiger partial charge < -0.3 is 19.7 Å². The molecule has 42 heavy (non-hydrogen) atoms. The number of aryl methyl sites for hydroxylation is 1. The quantitative estimate of drug-likeness (QED) is 0.269. The summed E-state index contributed by atoms with van der Waals surface area (Å²) in [5, 5.41) is 12.3. The van der Waals surface area contributed by atoms with Crippen molar-refractivity contribution in [1.82, 2.24) is 9.55 Å². The number of amides is 1. The van der Waals surface area contributed by atoms with E-state index in [0.717, 1.165) is 41.0 Å². The summed E-state index contributed by atoms with van der Waals surface area (Å²) < 4.78 is 7.24. The fourth-order valence-electron chi connectivity index (χ4n) is 8.36. The number of carboxylic acid groups (broad SMARTS) is 1. The monoisotopic (exact) mass is 569 g/mol. The van der Waals surface area contributed by atoms with Crippen LogP contribution >= 0.6 is 0 Å². The number of carbonyl (C=O) groups is 3. The summed E-state index contributed by atoms with van der Waals surface area (Å²) in [4.78, 5) is 43.2. The number of nitrogens with one attached hydrogen (secondary N) is 1. The van der Waals surface area contributed by atoms with Crippen molar-refractivity contribution in [1.29, 1.82) is 0 Å². The summed E-state index contributed by atoms with van der Waals surface area (Å²) in [6.07, 6.45) is 9.41. The van der Waals surface area contributed by atoms with E-state index in [4.69, 9.17) is 9.72 Å². The lowest BCUT2D eigenvalue weighted by Gasteiger charge is -2.57. The highest BCUT2D eigenvalue weighted by atomic mass is 16.5. The maximum atomic E-state index is 13.9. The molecule has 0 unspecified atom stereocenters. The van der Waals surface area contributed by atoms with Crippen molar-refractivity contribution < 1.29 is 24.2 Å². The summed E-state index contributed by atoms with van der Waals surface area (Å²) in [6, 6.07) is 14.0. The molecule has 4 bridgehead atoms. The van der Waals surface area contributed by atoms with Crippen molar-refractivity contribution in [2.45, 2.75) is 71.8 Å². The zero-order chi connectivity index (χ0) is 29.4. The number of anilines is 1. The number of nitrogens with zero attached hydrogens (tertiary/aromatic N) is 2. The molecule has 8 nitrogen and oxygen atoms in total. The predicted molar refractivity (Wildman–Crippen MR) is 159 cm³/mol. The summed E-state index contributed by atoms with van der Waals surface area (Å²) in [7, 11) is 0. The summed E-state index contributed by atoms with van der Waals surface area (Å²) in [6.45, 7) is 4.00. The number of rotatable bonds is 10. The Morgan fingerprint density at radius 3 is 2.36 bits per heavy atom. The Morgan fingerprint density at radius 2 is 1.71 bits per heavy atom. The van der Waals surface area contributed by atoms with Crippen molar-refractivity contribution >= 4 is 23.5 Å². The number of imidazole rings is 1. The molecule has 8 heteroatoms. The van der Waals surface area contributed by atoms with Gasteiger partial charge in [-0.25, -0.2) is 9.78 Å². The van der Waals surface area contributed by atoms with Crippen LogP contribution in [0.1, 0.15) is 84.0 Å². The van der Waals surface area contributed by atoms with Crippen LogP contribution in [0.5, 0.6) is 0 Å². The fraction of sp³-hybridized carbons (Fsp3) is 0.471. The second kappa shape index (κ2) is 11.4. The van der Waals surface area contributed by atoms with E-state index in [1.165, 1.54) is 50.7 Å². The Labute approximate surface area is 246 Å². The number of carbonyl (C=O) groups excluding carboxylic acids is 2. The van der Waals surface area contributed by atoms with Crippen LogP contribution in [0.4, 0.5) is 5.69 Å². The molecule has 220 valence electrons. The van der Waals surface area contributed by atoms with E-state index in [9.17, 15) is 19.5 Å². The van der Waals surface area contributed by atoms with Crippen LogP contribution in [0, 0.1) is 30.1 Å². The van der Waals surface area contributed by atoms with E-state index >= 15 is 0 Å². The number of carboxylic acids is 1. The van der Waals surface area contributed by atoms with E-state index in [1.807, 2.05) is 35.8 Å². The number of ether oxygens (including phenoxy) is 1. The number of benzene rings is 2. The Hall–Kier alpha value is -3.94. The molecule has 0 atom stereocenters. The topological polar surface area (TPSA) is 111 Å². The van der Waals surface area contributed by atoms with Crippen LogP contribution in [0.25, 0.3) is 11.4 Å². The third kappa shape index (κ3) is 5.59. The predicted octanol–water partition coefficient (Wildman–Crippen LogP) is 6.52. The van der Waals surface area contributed by atoms with Crippen molar-refractivity contribution in [2.75, 3.05) is 11.9 Å². The maximum absolute atomic E-state index is 13.9. The van der Waals surface area contributed by atoms with Gasteiger partial charge in [0.05, 0.1) is 17.9 Å². The van der Waals surface area contributed by atoms with Crippen molar-refractivity contribution in [3.63, 3.8) is 0 Å². The van der Waals surface area contributed by atoms with Crippen LogP contribution < -0.4 is 5.32 Å². The molecule has 0 saturated heterocycles. The van der Waals surface area contributed by atoms with Crippen LogP contribution in [-0.2, 0) is 22.5 Å². The molecule has 4 fully saturated rings. The molecule has 2 N–H and O–H groups in total. The van der Waals surface area contributed by atoms with Gasteiger partial charge >= 0.3 is 11.9 Å². The van der Waals surface area contributed by atoms with Gasteiger partial charge in [-0.3, -0.25) is 9.59 Å². The highest BCUT2D eigenvalue weighted by Gasteiger charge is 2.50. The van der Waals surface area contributed by atoms with Gasteiger partial charge in [-0.15, -0.1) is 0 Å². The highest BCUT2D eigenvalue weighted by Crippen LogP contribution is 2.61. The third-order valence-corrected chi connectivity index (χ3v) is 9.69. The lowest BCUT2D eigenvalue weighted by atomic mass is 9.48. The first-order valence-corrected chi connectivity index (χ1v) is 15.2. The third-order valence-electron chi connectivity index (χ3n) is 9.69. The summed E-state index contributed by atoms with van der Waals surface area (Å²) in [5.41, 5.74) is 3.57. The number of hydrogen-bond acceptors (Lipinski definition) is 5. The standard InChI is InChI=1S/C34H39N3O5/c1-3-42-29(38)20-37-28(11-12-34-17-22-13-23(18-34)15-24(14-22)19-34)30(36-31(37)27-10-5-4-7-21(27)2)32(39)35-26-9-6-8-25(16-26)33(40)41/h4-10,16,22-24H,3,11-15,17-20H2,1-2H3,(H,35,39)(H,40,41). The number of esters is 1. The summed E-state index contributed by atoms with van der Waals surface area (Å²) in [5.74, 6) is 1.14. The molecule has 2 aromatic carbocycles. The largest absolute Gasteiger partial charge is 0.478 e. The SMILES string of the molecule is CCOC(=O)Cn1c(-c2ccccc2C)nc(C(=O)Nc2cccc(C(=O)O)c2)c1CCC12CC3CC(CC(C3)C1)C2. The van der Waals surface area contributed by atoms with E-state index in [2.05, 4.69) is 5.32 Å². The molecular formula is C34H39N3O5. The molecule has 4 aliphatic rings. The van der Waals surface area contributed by atoms with Crippen LogP contribution in [-0.4, -0.2) is 39.1 Å². The molecule has 0 aliphatic heterocycles. The lowest BCUT2D eigenvalue weighted by Crippen LogP contribution is -2.46. The van der Waals surface area contributed by atoms with Crippen LogP contribution in [0.15, 0.2) is 48.5 Å². The maximum Gasteiger partial charge on any atom is 0.335 e. The fourth-order valence-corrected chi connectivity index (χ4v) is 8.36. The first-order valence-electron chi connectivity index (χ1n) is 15.2. The van der Waals surface area contributed by atoms with E-state index in [1.54, 1.807) is 19.1 Å². The van der Waals surface area contributed by atoms with E-state index < -0.39 is 11.9 Å². The number of hydrogen-bond donors (Lipinski definition) is 2. The first kappa shape index (κ1) is 28.2. The molecule has 1 amide bonds. The Balaban J connectivity index is 1.40. The highest BCUT2D eigenvalue weighted by molar-refractivity contribution is 6.05. The van der Waals surface area contributed by atoms with Crippen molar-refractivity contribution in [3.05, 3.63) is 71.0 Å². The Morgan fingerprint density at radius 1 is 1.02 bits per heavy atom. The molecule has 4 aliphatic carbocycles.